The fourth-order valence-electron chi connectivity index (χ4n) is 6.15. The molecule has 1 aliphatic heterocycles. The van der Waals surface area contributed by atoms with Crippen LogP contribution in [-0.2, 0) is 0 Å². The number of allylic oxidation sites excluding steroid dienone is 1. The summed E-state index contributed by atoms with van der Waals surface area (Å²) in [5.74, 6) is -2.85. The Bertz CT molecular complexity index is 1270. The van der Waals surface area contributed by atoms with Crippen LogP contribution in [0.5, 0.6) is 0 Å². The van der Waals surface area contributed by atoms with E-state index in [1.54, 1.807) is 4.90 Å². The largest absolute Gasteiger partial charge is 0.477 e. The number of halogens is 3. The summed E-state index contributed by atoms with van der Waals surface area (Å²) in [6.07, 6.45) is 5.71. The zero-order chi connectivity index (χ0) is 22.5. The van der Waals surface area contributed by atoms with Gasteiger partial charge in [0.2, 0.25) is 5.43 Å². The van der Waals surface area contributed by atoms with Crippen LogP contribution in [0.1, 0.15) is 35.7 Å². The second-order valence-electron chi connectivity index (χ2n) is 9.67. The van der Waals surface area contributed by atoms with Crippen LogP contribution < -0.4 is 16.1 Å². The first-order valence-electron chi connectivity index (χ1n) is 10.9. The van der Waals surface area contributed by atoms with Gasteiger partial charge in [0.1, 0.15) is 23.2 Å². The Labute approximate surface area is 181 Å². The van der Waals surface area contributed by atoms with Crippen LogP contribution in [0.25, 0.3) is 10.9 Å². The van der Waals surface area contributed by atoms with Gasteiger partial charge < -0.3 is 20.3 Å². The van der Waals surface area contributed by atoms with E-state index in [1.807, 2.05) is 6.08 Å². The predicted molar refractivity (Wildman–Crippen MR) is 112 cm³/mol. The van der Waals surface area contributed by atoms with E-state index in [9.17, 15) is 19.1 Å². The van der Waals surface area contributed by atoms with Gasteiger partial charge in [-0.3, -0.25) is 4.79 Å². The van der Waals surface area contributed by atoms with Gasteiger partial charge in [-0.1, -0.05) is 12.2 Å². The van der Waals surface area contributed by atoms with Gasteiger partial charge >= 0.3 is 5.97 Å². The Kier molecular flexibility index (Phi) is 3.95. The fraction of sp³-hybridized carbons (Fsp3) is 0.478. The highest BCUT2D eigenvalue weighted by Gasteiger charge is 2.53. The zero-order valence-corrected chi connectivity index (χ0v) is 17.1. The maximum absolute atomic E-state index is 15.9. The molecule has 0 radical (unpaired) electrons. The van der Waals surface area contributed by atoms with Crippen molar-refractivity contribution in [2.75, 3.05) is 18.0 Å². The molecule has 4 unspecified atom stereocenters. The van der Waals surface area contributed by atoms with Gasteiger partial charge in [-0.05, 0) is 30.7 Å². The second kappa shape index (κ2) is 6.37. The number of rotatable bonds is 3. The van der Waals surface area contributed by atoms with Crippen molar-refractivity contribution in [3.8, 4) is 0 Å². The van der Waals surface area contributed by atoms with E-state index in [-0.39, 0.29) is 29.5 Å². The molecule has 1 aromatic heterocycles. The molecule has 3 fully saturated rings. The molecule has 0 spiro atoms. The number of nitrogens with two attached hydrogens (primary N) is 1. The van der Waals surface area contributed by atoms with Crippen molar-refractivity contribution < 1.29 is 23.1 Å². The molecule has 3 N–H and O–H groups in total. The van der Waals surface area contributed by atoms with E-state index in [4.69, 9.17) is 5.73 Å². The van der Waals surface area contributed by atoms with Crippen molar-refractivity contribution in [3.63, 3.8) is 0 Å². The smallest absolute Gasteiger partial charge is 0.341 e. The molecule has 6 atom stereocenters. The fourth-order valence-corrected chi connectivity index (χ4v) is 6.15. The molecular formula is C23H22F3N3O3. The summed E-state index contributed by atoms with van der Waals surface area (Å²) in [4.78, 5) is 25.8. The highest BCUT2D eigenvalue weighted by Crippen LogP contribution is 2.51. The summed E-state index contributed by atoms with van der Waals surface area (Å²) in [5.41, 5.74) is 3.97. The second-order valence-corrected chi connectivity index (χ2v) is 9.67. The first-order valence-corrected chi connectivity index (χ1v) is 10.9. The lowest BCUT2D eigenvalue weighted by Crippen LogP contribution is -2.55. The van der Waals surface area contributed by atoms with Gasteiger partial charge in [0.15, 0.2) is 5.82 Å². The minimum Gasteiger partial charge on any atom is -0.477 e. The van der Waals surface area contributed by atoms with E-state index in [0.29, 0.717) is 19.0 Å². The highest BCUT2D eigenvalue weighted by molar-refractivity contribution is 5.94. The van der Waals surface area contributed by atoms with Crippen molar-refractivity contribution in [3.05, 3.63) is 51.8 Å². The molecule has 5 aliphatic rings. The molecule has 4 aliphatic carbocycles. The van der Waals surface area contributed by atoms with Crippen LogP contribution in [-0.4, -0.2) is 40.4 Å². The molecule has 1 aromatic carbocycles. The Morgan fingerprint density at radius 2 is 2.03 bits per heavy atom. The minimum absolute atomic E-state index is 0.0657. The Balaban J connectivity index is 1.52. The lowest BCUT2D eigenvalue weighted by atomic mass is 9.60. The molecule has 9 heteroatoms. The third kappa shape index (κ3) is 2.57. The number of pyridine rings is 1. The monoisotopic (exact) mass is 445 g/mol. The lowest BCUT2D eigenvalue weighted by Gasteiger charge is -2.47. The molecule has 2 saturated carbocycles. The van der Waals surface area contributed by atoms with Gasteiger partial charge in [0, 0.05) is 37.2 Å². The number of nitrogens with zero attached hydrogens (tertiary/aromatic N) is 2. The third-order valence-electron chi connectivity index (χ3n) is 7.94. The number of anilines is 1. The molecule has 0 amide bonds. The zero-order valence-electron chi connectivity index (χ0n) is 17.1. The summed E-state index contributed by atoms with van der Waals surface area (Å²) in [7, 11) is 0. The molecule has 168 valence electrons. The molecule has 1 saturated heterocycles. The number of aromatic nitrogens is 1. The summed E-state index contributed by atoms with van der Waals surface area (Å²) in [6, 6.07) is 0.110. The number of carboxylic acids is 1. The average molecular weight is 445 g/mol. The normalized spacial score (nSPS) is 34.9. The highest BCUT2D eigenvalue weighted by atomic mass is 19.1. The van der Waals surface area contributed by atoms with E-state index >= 15 is 8.78 Å². The molecule has 6 nitrogen and oxygen atoms in total. The number of fused-ring (bicyclic) bond motifs is 2. The molecule has 2 aromatic rings. The van der Waals surface area contributed by atoms with E-state index in [2.05, 4.69) is 6.08 Å². The number of aromatic carboxylic acids is 1. The number of hydrogen-bond acceptors (Lipinski definition) is 4. The Hall–Kier alpha value is -2.81. The summed E-state index contributed by atoms with van der Waals surface area (Å²) >= 11 is 0. The quantitative estimate of drug-likeness (QED) is 0.710. The standard InChI is InChI=1S/C23H22F3N3O3/c24-15-6-17(15)29-8-13(22(31)32)21(30)11-5-16(25)20(18(26)19(11)29)28-7-12-10-1-3-23(27,4-2-10)14(12)9-28/h1,3,5,8,10,12,14-15,17H,2,4,6-7,9,27H2,(H,31,32)/t10?,12?,14?,15-,17+,23?/m0/s1. The van der Waals surface area contributed by atoms with Crippen LogP contribution in [0.4, 0.5) is 18.9 Å². The first-order chi connectivity index (χ1) is 15.2. The topological polar surface area (TPSA) is 88.6 Å². The van der Waals surface area contributed by atoms with Crippen molar-refractivity contribution in [2.45, 2.75) is 37.0 Å². The van der Waals surface area contributed by atoms with Crippen LogP contribution in [0.2, 0.25) is 0 Å². The first kappa shape index (κ1) is 19.8. The predicted octanol–water partition coefficient (Wildman–Crippen LogP) is 2.99. The number of carbonyl (C=O) groups is 1. The number of hydrogen-bond donors (Lipinski definition) is 2. The summed E-state index contributed by atoms with van der Waals surface area (Å²) < 4.78 is 46.2. The Morgan fingerprint density at radius 1 is 1.28 bits per heavy atom. The van der Waals surface area contributed by atoms with Crippen LogP contribution in [0, 0.1) is 29.4 Å². The van der Waals surface area contributed by atoms with E-state index in [1.165, 1.54) is 0 Å². The molecular weight excluding hydrogens is 423 g/mol. The maximum atomic E-state index is 15.9. The number of alkyl halides is 1. The van der Waals surface area contributed by atoms with Gasteiger partial charge in [-0.15, -0.1) is 0 Å². The van der Waals surface area contributed by atoms with Crippen molar-refractivity contribution >= 4 is 22.6 Å². The van der Waals surface area contributed by atoms with Crippen LogP contribution in [0.15, 0.2) is 29.2 Å². The maximum Gasteiger partial charge on any atom is 0.341 e. The summed E-state index contributed by atoms with van der Waals surface area (Å²) in [6.45, 7) is 0.818. The van der Waals surface area contributed by atoms with Crippen molar-refractivity contribution in [1.29, 1.82) is 0 Å². The molecule has 32 heavy (non-hydrogen) atoms. The molecule has 2 bridgehead atoms. The van der Waals surface area contributed by atoms with Crippen LogP contribution in [0.3, 0.4) is 0 Å². The van der Waals surface area contributed by atoms with E-state index in [0.717, 1.165) is 29.7 Å². The summed E-state index contributed by atoms with van der Waals surface area (Å²) in [5, 5.41) is 8.97. The minimum atomic E-state index is -1.52. The van der Waals surface area contributed by atoms with Crippen molar-refractivity contribution in [1.82, 2.24) is 4.57 Å². The van der Waals surface area contributed by atoms with Gasteiger partial charge in [-0.25, -0.2) is 18.0 Å². The van der Waals surface area contributed by atoms with E-state index < -0.39 is 51.7 Å². The van der Waals surface area contributed by atoms with Gasteiger partial charge in [0.05, 0.1) is 16.9 Å². The van der Waals surface area contributed by atoms with Crippen LogP contribution >= 0.6 is 0 Å². The third-order valence-corrected chi connectivity index (χ3v) is 7.94. The lowest BCUT2D eigenvalue weighted by molar-refractivity contribution is 0.0694. The average Bonchev–Trinajstić information content (AvgIpc) is 3.28. The SMILES string of the molecule is NC12C=CC(CC1)C1CN(c3c(F)cc4c(=O)c(C(=O)O)cn([C@@H]5C[C@@H]5F)c4c3F)CC12. The van der Waals surface area contributed by atoms with Gasteiger partial charge in [0.25, 0.3) is 0 Å². The number of carboxylic acid groups (broad SMARTS) is 1. The number of benzene rings is 1. The van der Waals surface area contributed by atoms with Gasteiger partial charge in [-0.2, -0.15) is 0 Å². The molecule has 2 heterocycles. The molecule has 7 rings (SSSR count). The Morgan fingerprint density at radius 3 is 2.62 bits per heavy atom. The van der Waals surface area contributed by atoms with Crippen molar-refractivity contribution in [2.24, 2.45) is 23.5 Å².